The van der Waals surface area contributed by atoms with Gasteiger partial charge in [-0.1, -0.05) is 20.8 Å². The molecule has 0 spiro atoms. The molecule has 5 fully saturated rings. The summed E-state index contributed by atoms with van der Waals surface area (Å²) >= 11 is 0. The Morgan fingerprint density at radius 2 is 1.21 bits per heavy atom. The van der Waals surface area contributed by atoms with Crippen LogP contribution < -0.4 is 0 Å². The number of ether oxygens (including phenoxy) is 9. The van der Waals surface area contributed by atoms with Crippen LogP contribution >= 0.6 is 0 Å². The van der Waals surface area contributed by atoms with Gasteiger partial charge in [-0.3, -0.25) is 0 Å². The van der Waals surface area contributed by atoms with E-state index in [4.69, 9.17) is 47.1 Å². The summed E-state index contributed by atoms with van der Waals surface area (Å²) in [6.07, 6.45) is -4.10. The molecular weight excluding hydrogens is 512 g/mol. The number of hydrogen-bond donors (Lipinski definition) is 0. The summed E-state index contributed by atoms with van der Waals surface area (Å²) in [5.74, 6) is -2.34. The molecule has 0 unspecified atom stereocenters. The van der Waals surface area contributed by atoms with E-state index in [2.05, 4.69) is 33.9 Å². The second-order valence-corrected chi connectivity index (χ2v) is 18.9. The van der Waals surface area contributed by atoms with Crippen LogP contribution in [0.3, 0.4) is 0 Å². The van der Waals surface area contributed by atoms with Gasteiger partial charge in [0.05, 0.1) is 12.7 Å². The lowest BCUT2D eigenvalue weighted by Gasteiger charge is -2.47. The van der Waals surface area contributed by atoms with Crippen molar-refractivity contribution in [2.75, 3.05) is 6.61 Å². The van der Waals surface area contributed by atoms with Gasteiger partial charge in [0.1, 0.15) is 42.7 Å². The van der Waals surface area contributed by atoms with E-state index in [0.29, 0.717) is 0 Å². The van der Waals surface area contributed by atoms with Crippen molar-refractivity contribution < 1.29 is 47.1 Å². The summed E-state index contributed by atoms with van der Waals surface area (Å²) in [5, 5.41) is 0.0506. The Morgan fingerprint density at radius 3 is 1.84 bits per heavy atom. The van der Waals surface area contributed by atoms with Crippen molar-refractivity contribution in [2.24, 2.45) is 0 Å². The maximum atomic E-state index is 6.81. The van der Waals surface area contributed by atoms with Gasteiger partial charge in [-0.05, 0) is 66.6 Å². The molecule has 38 heavy (non-hydrogen) atoms. The topological polar surface area (TPSA) is 92.3 Å². The van der Waals surface area contributed by atoms with Gasteiger partial charge >= 0.3 is 0 Å². The molecule has 10 atom stereocenters. The molecule has 0 radical (unpaired) electrons. The Bertz CT molecular complexity index is 886. The van der Waals surface area contributed by atoms with E-state index in [0.717, 1.165) is 0 Å². The van der Waals surface area contributed by atoms with E-state index in [-0.39, 0.29) is 48.3 Å². The maximum Gasteiger partial charge on any atom is 0.192 e. The molecule has 5 saturated heterocycles. The molecule has 0 bridgehead atoms. The Balaban J connectivity index is 1.31. The molecule has 10 nitrogen and oxygen atoms in total. The van der Waals surface area contributed by atoms with Gasteiger partial charge in [0.25, 0.3) is 0 Å². The highest BCUT2D eigenvalue weighted by Gasteiger charge is 2.62. The Hall–Kier alpha value is -0.183. The number of rotatable bonds is 5. The van der Waals surface area contributed by atoms with Gasteiger partial charge in [-0.25, -0.2) is 0 Å². The molecule has 5 aliphatic rings. The Labute approximate surface area is 228 Å². The summed E-state index contributed by atoms with van der Waals surface area (Å²) in [5.41, 5.74) is 0. The normalized spacial score (nSPS) is 45.5. The van der Waals surface area contributed by atoms with Crippen LogP contribution in [0.15, 0.2) is 0 Å². The average molecular weight is 561 g/mol. The van der Waals surface area contributed by atoms with Crippen molar-refractivity contribution in [3.63, 3.8) is 0 Å². The molecule has 5 rings (SSSR count). The van der Waals surface area contributed by atoms with Gasteiger partial charge in [0, 0.05) is 0 Å². The standard InChI is InChI=1S/C27H48O10Si/c1-14-16(37-38(11,12)24(2,3)4)18-20(34-26(7,8)32-18)22(29-14)28-13-15-17-19(33-25(5,6)31-17)21-23(30-15)36-27(9,10)35-21/h14-23H,13H2,1-12H3/t14-,15+,16-,17-,18+,19-,20+,21+,22+,23+/m0/s1. The first-order chi connectivity index (χ1) is 17.3. The monoisotopic (exact) mass is 560 g/mol. The largest absolute Gasteiger partial charge is 0.409 e. The highest BCUT2D eigenvalue weighted by molar-refractivity contribution is 6.74. The molecule has 0 N–H and O–H groups in total. The van der Waals surface area contributed by atoms with E-state index in [1.165, 1.54) is 0 Å². The lowest BCUT2D eigenvalue weighted by molar-refractivity contribution is -0.294. The smallest absolute Gasteiger partial charge is 0.192 e. The highest BCUT2D eigenvalue weighted by Crippen LogP contribution is 2.46. The minimum atomic E-state index is -2.09. The first kappa shape index (κ1) is 29.3. The second kappa shape index (κ2) is 9.42. The zero-order chi connectivity index (χ0) is 28.1. The number of hydrogen-bond acceptors (Lipinski definition) is 10. The fourth-order valence-corrected chi connectivity index (χ4v) is 7.11. The molecule has 0 amide bonds. The van der Waals surface area contributed by atoms with Crippen molar-refractivity contribution in [3.05, 3.63) is 0 Å². The van der Waals surface area contributed by atoms with Crippen LogP contribution in [0.4, 0.5) is 0 Å². The van der Waals surface area contributed by atoms with Crippen LogP contribution in [0.1, 0.15) is 69.2 Å². The lowest BCUT2D eigenvalue weighted by Crippen LogP contribution is -2.61. The molecule has 220 valence electrons. The molecule has 0 aliphatic carbocycles. The van der Waals surface area contributed by atoms with E-state index >= 15 is 0 Å². The van der Waals surface area contributed by atoms with Crippen molar-refractivity contribution in [2.45, 2.75) is 166 Å². The summed E-state index contributed by atoms with van der Waals surface area (Å²) in [6.45, 7) is 24.7. The van der Waals surface area contributed by atoms with Gasteiger partial charge in [-0.2, -0.15) is 0 Å². The zero-order valence-corrected chi connectivity index (χ0v) is 26.1. The molecule has 11 heteroatoms. The fourth-order valence-electron chi connectivity index (χ4n) is 5.75. The summed E-state index contributed by atoms with van der Waals surface area (Å²) < 4.78 is 63.3. The van der Waals surface area contributed by atoms with Gasteiger partial charge in [0.15, 0.2) is 38.3 Å². The van der Waals surface area contributed by atoms with Crippen LogP contribution in [0.5, 0.6) is 0 Å². The summed E-state index contributed by atoms with van der Waals surface area (Å²) in [4.78, 5) is 0. The minimum absolute atomic E-state index is 0.0506. The summed E-state index contributed by atoms with van der Waals surface area (Å²) in [6, 6.07) is 0. The zero-order valence-electron chi connectivity index (χ0n) is 25.1. The maximum absolute atomic E-state index is 6.81. The van der Waals surface area contributed by atoms with Gasteiger partial charge in [0.2, 0.25) is 0 Å². The van der Waals surface area contributed by atoms with Crippen molar-refractivity contribution >= 4 is 8.32 Å². The van der Waals surface area contributed by atoms with Crippen molar-refractivity contribution in [3.8, 4) is 0 Å². The van der Waals surface area contributed by atoms with E-state index in [1.54, 1.807) is 0 Å². The highest BCUT2D eigenvalue weighted by atomic mass is 28.4. The molecule has 5 aliphatic heterocycles. The molecular formula is C27H48O10Si. The van der Waals surface area contributed by atoms with Crippen LogP contribution in [0, 0.1) is 0 Å². The first-order valence-electron chi connectivity index (χ1n) is 13.9. The third-order valence-corrected chi connectivity index (χ3v) is 13.0. The van der Waals surface area contributed by atoms with Crippen LogP contribution in [0.25, 0.3) is 0 Å². The van der Waals surface area contributed by atoms with Crippen molar-refractivity contribution in [1.82, 2.24) is 0 Å². The lowest BCUT2D eigenvalue weighted by atomic mass is 9.99. The van der Waals surface area contributed by atoms with Crippen LogP contribution in [0.2, 0.25) is 18.1 Å². The van der Waals surface area contributed by atoms with E-state index in [1.807, 2.05) is 48.5 Å². The Morgan fingerprint density at radius 1 is 0.684 bits per heavy atom. The molecule has 0 aromatic heterocycles. The van der Waals surface area contributed by atoms with Crippen LogP contribution in [-0.4, -0.2) is 93.7 Å². The van der Waals surface area contributed by atoms with Crippen molar-refractivity contribution in [1.29, 1.82) is 0 Å². The molecule has 0 saturated carbocycles. The SMILES string of the molecule is C[C@@H]1O[C@@H](OC[C@H]2O[C@@H]3OC(C)(C)O[C@@H]3[C@H]3OC(C)(C)O[C@H]32)[C@@H]2OC(C)(C)O[C@@H]2[C@H]1O[Si](C)(C)C(C)(C)C. The van der Waals surface area contributed by atoms with E-state index < -0.39 is 50.5 Å². The average Bonchev–Trinajstić information content (AvgIpc) is 3.35. The number of fused-ring (bicyclic) bond motifs is 4. The summed E-state index contributed by atoms with van der Waals surface area (Å²) in [7, 11) is -2.09. The molecule has 0 aromatic carbocycles. The first-order valence-corrected chi connectivity index (χ1v) is 16.9. The molecule has 5 heterocycles. The third kappa shape index (κ3) is 5.50. The third-order valence-electron chi connectivity index (χ3n) is 8.48. The Kier molecular flexibility index (Phi) is 7.27. The predicted molar refractivity (Wildman–Crippen MR) is 139 cm³/mol. The minimum Gasteiger partial charge on any atom is -0.409 e. The predicted octanol–water partition coefficient (Wildman–Crippen LogP) is 4.05. The van der Waals surface area contributed by atoms with Crippen LogP contribution in [-0.2, 0) is 47.1 Å². The fraction of sp³-hybridized carbons (Fsp3) is 1.00. The van der Waals surface area contributed by atoms with E-state index in [9.17, 15) is 0 Å². The quantitative estimate of drug-likeness (QED) is 0.459. The molecule has 0 aromatic rings. The second-order valence-electron chi connectivity index (χ2n) is 14.2. The van der Waals surface area contributed by atoms with Gasteiger partial charge in [-0.15, -0.1) is 0 Å². The van der Waals surface area contributed by atoms with Gasteiger partial charge < -0.3 is 47.1 Å².